The summed E-state index contributed by atoms with van der Waals surface area (Å²) in [7, 11) is 0. The monoisotopic (exact) mass is 241 g/mol. The molecule has 1 aromatic rings. The minimum absolute atomic E-state index is 0.109. The molecule has 3 nitrogen and oxygen atoms in total. The zero-order valence-corrected chi connectivity index (χ0v) is 9.34. The predicted molar refractivity (Wildman–Crippen MR) is 57.8 cm³/mol. The molecule has 0 radical (unpaired) electrons. The summed E-state index contributed by atoms with van der Waals surface area (Å²) in [6.07, 6.45) is 0. The first-order chi connectivity index (χ1) is 8.02. The average Bonchev–Trinajstić information content (AvgIpc) is 2.73. The van der Waals surface area contributed by atoms with E-state index in [4.69, 9.17) is 5.11 Å². The van der Waals surface area contributed by atoms with E-state index in [0.717, 1.165) is 0 Å². The van der Waals surface area contributed by atoms with E-state index in [9.17, 15) is 13.6 Å². The van der Waals surface area contributed by atoms with Crippen molar-refractivity contribution in [2.24, 2.45) is 5.92 Å². The molecular formula is C12H13F2NO2. The van der Waals surface area contributed by atoms with Crippen LogP contribution in [-0.4, -0.2) is 24.2 Å². The minimum atomic E-state index is -1.03. The second kappa shape index (κ2) is 4.41. The van der Waals surface area contributed by atoms with E-state index in [2.05, 4.69) is 5.32 Å². The largest absolute Gasteiger partial charge is 0.481 e. The van der Waals surface area contributed by atoms with Gasteiger partial charge in [0.1, 0.15) is 11.6 Å². The Morgan fingerprint density at radius 1 is 1.41 bits per heavy atom. The highest BCUT2D eigenvalue weighted by atomic mass is 19.1. The number of carbonyl (C=O) groups is 1. The highest BCUT2D eigenvalue weighted by molar-refractivity contribution is 5.72. The molecule has 0 amide bonds. The average molecular weight is 241 g/mol. The van der Waals surface area contributed by atoms with Crippen molar-refractivity contribution in [1.29, 1.82) is 0 Å². The molecule has 1 fully saturated rings. The number of aryl methyl sites for hydroxylation is 1. The normalized spacial score (nSPS) is 23.9. The molecule has 5 heteroatoms. The van der Waals surface area contributed by atoms with Crippen molar-refractivity contribution in [1.82, 2.24) is 5.32 Å². The van der Waals surface area contributed by atoms with E-state index in [1.807, 2.05) is 0 Å². The molecule has 1 aromatic carbocycles. The molecule has 1 aliphatic rings. The summed E-state index contributed by atoms with van der Waals surface area (Å²) in [6, 6.07) is 2.54. The fourth-order valence-corrected chi connectivity index (χ4v) is 2.26. The number of carboxylic acids is 1. The van der Waals surface area contributed by atoms with Crippen LogP contribution in [0.15, 0.2) is 12.1 Å². The van der Waals surface area contributed by atoms with Gasteiger partial charge in [0.15, 0.2) is 0 Å². The van der Waals surface area contributed by atoms with Gasteiger partial charge >= 0.3 is 5.97 Å². The van der Waals surface area contributed by atoms with Crippen LogP contribution in [0, 0.1) is 24.5 Å². The molecule has 2 rings (SSSR count). The van der Waals surface area contributed by atoms with Crippen molar-refractivity contribution in [2.75, 3.05) is 13.1 Å². The quantitative estimate of drug-likeness (QED) is 0.828. The molecule has 1 heterocycles. The smallest absolute Gasteiger partial charge is 0.308 e. The van der Waals surface area contributed by atoms with Gasteiger partial charge in [-0.3, -0.25) is 4.79 Å². The Balaban J connectivity index is 2.46. The molecule has 2 unspecified atom stereocenters. The van der Waals surface area contributed by atoms with Crippen LogP contribution in [0.2, 0.25) is 0 Å². The Morgan fingerprint density at radius 2 is 2.12 bits per heavy atom. The number of aliphatic carboxylic acids is 1. The second-order valence-electron chi connectivity index (χ2n) is 4.30. The Labute approximate surface area is 97.5 Å². The van der Waals surface area contributed by atoms with Crippen molar-refractivity contribution in [3.63, 3.8) is 0 Å². The molecule has 2 N–H and O–H groups in total. The van der Waals surface area contributed by atoms with Gasteiger partial charge in [-0.1, -0.05) is 6.07 Å². The lowest BCUT2D eigenvalue weighted by molar-refractivity contribution is -0.141. The Bertz CT molecular complexity index is 462. The van der Waals surface area contributed by atoms with E-state index in [1.165, 1.54) is 19.1 Å². The zero-order valence-electron chi connectivity index (χ0n) is 9.34. The third kappa shape index (κ3) is 2.02. The highest BCUT2D eigenvalue weighted by Crippen LogP contribution is 2.33. The van der Waals surface area contributed by atoms with E-state index < -0.39 is 29.4 Å². The van der Waals surface area contributed by atoms with Crippen molar-refractivity contribution in [2.45, 2.75) is 12.8 Å². The molecule has 0 aromatic heterocycles. The Hall–Kier alpha value is -1.49. The Kier molecular flexibility index (Phi) is 3.11. The van der Waals surface area contributed by atoms with Gasteiger partial charge in [-0.25, -0.2) is 8.78 Å². The van der Waals surface area contributed by atoms with Crippen molar-refractivity contribution in [3.05, 3.63) is 34.9 Å². The SMILES string of the molecule is Cc1ccc(F)c(C2CNCC2C(=O)O)c1F. The first-order valence-corrected chi connectivity index (χ1v) is 5.40. The third-order valence-electron chi connectivity index (χ3n) is 3.22. The van der Waals surface area contributed by atoms with Crippen LogP contribution in [0.3, 0.4) is 0 Å². The van der Waals surface area contributed by atoms with Gasteiger partial charge in [0.05, 0.1) is 5.92 Å². The molecule has 2 atom stereocenters. The number of nitrogens with one attached hydrogen (secondary N) is 1. The van der Waals surface area contributed by atoms with Gasteiger partial charge in [0, 0.05) is 24.6 Å². The summed E-state index contributed by atoms with van der Waals surface area (Å²) < 4.78 is 27.5. The third-order valence-corrected chi connectivity index (χ3v) is 3.22. The summed E-state index contributed by atoms with van der Waals surface area (Å²) >= 11 is 0. The molecule has 17 heavy (non-hydrogen) atoms. The van der Waals surface area contributed by atoms with Gasteiger partial charge in [-0.05, 0) is 18.6 Å². The van der Waals surface area contributed by atoms with Crippen LogP contribution in [0.1, 0.15) is 17.0 Å². The zero-order chi connectivity index (χ0) is 12.6. The lowest BCUT2D eigenvalue weighted by atomic mass is 9.87. The number of halogens is 2. The molecule has 92 valence electrons. The number of hydrogen-bond donors (Lipinski definition) is 2. The van der Waals surface area contributed by atoms with E-state index in [1.54, 1.807) is 0 Å². The first kappa shape index (κ1) is 12.0. The summed E-state index contributed by atoms with van der Waals surface area (Å²) in [5.74, 6) is -3.76. The van der Waals surface area contributed by atoms with Gasteiger partial charge in [0.25, 0.3) is 0 Å². The molecular weight excluding hydrogens is 228 g/mol. The number of carboxylic acid groups (broad SMARTS) is 1. The van der Waals surface area contributed by atoms with Gasteiger partial charge in [-0.2, -0.15) is 0 Å². The fourth-order valence-electron chi connectivity index (χ4n) is 2.26. The van der Waals surface area contributed by atoms with E-state index in [0.29, 0.717) is 5.56 Å². The molecule has 0 aliphatic carbocycles. The van der Waals surface area contributed by atoms with E-state index in [-0.39, 0.29) is 18.7 Å². The standard InChI is InChI=1S/C12H13F2NO2/c1-6-2-3-9(13)10(11(6)14)7-4-15-5-8(7)12(16)17/h2-3,7-8,15H,4-5H2,1H3,(H,16,17). The number of hydrogen-bond acceptors (Lipinski definition) is 2. The lowest BCUT2D eigenvalue weighted by Gasteiger charge is -2.17. The van der Waals surface area contributed by atoms with Crippen LogP contribution >= 0.6 is 0 Å². The van der Waals surface area contributed by atoms with Crippen LogP contribution in [0.4, 0.5) is 8.78 Å². The van der Waals surface area contributed by atoms with Crippen molar-refractivity contribution in [3.8, 4) is 0 Å². The summed E-state index contributed by atoms with van der Waals surface area (Å²) in [5, 5.41) is 11.9. The van der Waals surface area contributed by atoms with E-state index >= 15 is 0 Å². The molecule has 0 bridgehead atoms. The summed E-state index contributed by atoms with van der Waals surface area (Å²) in [6.45, 7) is 2.07. The maximum atomic E-state index is 13.9. The van der Waals surface area contributed by atoms with Gasteiger partial charge < -0.3 is 10.4 Å². The van der Waals surface area contributed by atoms with Crippen LogP contribution < -0.4 is 5.32 Å². The fraction of sp³-hybridized carbons (Fsp3) is 0.417. The molecule has 0 spiro atoms. The lowest BCUT2D eigenvalue weighted by Crippen LogP contribution is -2.22. The van der Waals surface area contributed by atoms with Crippen molar-refractivity contribution >= 4 is 5.97 Å². The van der Waals surface area contributed by atoms with Gasteiger partial charge in [-0.15, -0.1) is 0 Å². The highest BCUT2D eigenvalue weighted by Gasteiger charge is 2.37. The predicted octanol–water partition coefficient (Wildman–Crippen LogP) is 1.66. The molecule has 1 aliphatic heterocycles. The Morgan fingerprint density at radius 3 is 2.76 bits per heavy atom. The molecule has 1 saturated heterocycles. The summed E-state index contributed by atoms with van der Waals surface area (Å²) in [4.78, 5) is 11.0. The van der Waals surface area contributed by atoms with Crippen LogP contribution in [0.5, 0.6) is 0 Å². The first-order valence-electron chi connectivity index (χ1n) is 5.40. The number of rotatable bonds is 2. The number of benzene rings is 1. The van der Waals surface area contributed by atoms with Gasteiger partial charge in [0.2, 0.25) is 0 Å². The topological polar surface area (TPSA) is 49.3 Å². The molecule has 0 saturated carbocycles. The maximum Gasteiger partial charge on any atom is 0.308 e. The maximum absolute atomic E-state index is 13.9. The summed E-state index contributed by atoms with van der Waals surface area (Å²) in [5.41, 5.74) is 0.222. The van der Waals surface area contributed by atoms with Crippen LogP contribution in [-0.2, 0) is 4.79 Å². The minimum Gasteiger partial charge on any atom is -0.481 e. The van der Waals surface area contributed by atoms with Crippen molar-refractivity contribution < 1.29 is 18.7 Å². The second-order valence-corrected chi connectivity index (χ2v) is 4.30. The van der Waals surface area contributed by atoms with Crippen LogP contribution in [0.25, 0.3) is 0 Å².